The summed E-state index contributed by atoms with van der Waals surface area (Å²) in [5.74, 6) is 1.62. The second-order valence-corrected chi connectivity index (χ2v) is 5.78. The lowest BCUT2D eigenvalue weighted by molar-refractivity contribution is 0.388. The Labute approximate surface area is 123 Å². The number of hydrogen-bond acceptors (Lipinski definition) is 9. The van der Waals surface area contributed by atoms with E-state index in [1.807, 2.05) is 12.3 Å². The van der Waals surface area contributed by atoms with Gasteiger partial charge in [-0.2, -0.15) is 9.36 Å². The number of nitrogens with zero attached hydrogens (tertiary/aromatic N) is 4. The van der Waals surface area contributed by atoms with E-state index >= 15 is 0 Å². The van der Waals surface area contributed by atoms with Gasteiger partial charge in [-0.3, -0.25) is 0 Å². The molecule has 0 aliphatic rings. The monoisotopic (exact) mass is 308 g/mol. The molecule has 20 heavy (non-hydrogen) atoms. The normalized spacial score (nSPS) is 10.9. The largest absolute Gasteiger partial charge is 0.382 e. The summed E-state index contributed by atoms with van der Waals surface area (Å²) in [7, 11) is 0. The highest BCUT2D eigenvalue weighted by molar-refractivity contribution is 7.15. The summed E-state index contributed by atoms with van der Waals surface area (Å²) >= 11 is 2.85. The number of thiazole rings is 1. The van der Waals surface area contributed by atoms with Crippen molar-refractivity contribution in [2.75, 3.05) is 11.1 Å². The Morgan fingerprint density at radius 3 is 2.85 bits per heavy atom. The van der Waals surface area contributed by atoms with Gasteiger partial charge in [-0.25, -0.2) is 4.98 Å². The van der Waals surface area contributed by atoms with E-state index in [9.17, 15) is 0 Å². The van der Waals surface area contributed by atoms with Crippen LogP contribution in [0.2, 0.25) is 0 Å². The van der Waals surface area contributed by atoms with Crippen molar-refractivity contribution in [3.63, 3.8) is 0 Å². The van der Waals surface area contributed by atoms with E-state index in [1.165, 1.54) is 11.5 Å². The summed E-state index contributed by atoms with van der Waals surface area (Å²) in [6.45, 7) is 4.16. The maximum atomic E-state index is 5.93. The molecule has 0 spiro atoms. The Hall–Kier alpha value is -2.00. The predicted octanol–water partition coefficient (Wildman–Crippen LogP) is 2.46. The fraction of sp³-hybridized carbons (Fsp3) is 0.273. The van der Waals surface area contributed by atoms with Crippen LogP contribution in [0.5, 0.6) is 0 Å². The van der Waals surface area contributed by atoms with Gasteiger partial charge >= 0.3 is 0 Å². The molecule has 3 aromatic rings. The van der Waals surface area contributed by atoms with Crippen LogP contribution in [-0.2, 0) is 6.54 Å². The molecule has 3 heterocycles. The second kappa shape index (κ2) is 5.17. The molecular formula is C11H12N6OS2. The predicted molar refractivity (Wildman–Crippen MR) is 78.7 cm³/mol. The van der Waals surface area contributed by atoms with E-state index in [0.717, 1.165) is 21.3 Å². The summed E-state index contributed by atoms with van der Waals surface area (Å²) in [6, 6.07) is 0. The molecule has 0 bridgehead atoms. The Bertz CT molecular complexity index is 731. The summed E-state index contributed by atoms with van der Waals surface area (Å²) in [5.41, 5.74) is 7.74. The minimum absolute atomic E-state index is 0.455. The first-order valence-electron chi connectivity index (χ1n) is 5.84. The molecule has 0 saturated carbocycles. The van der Waals surface area contributed by atoms with Gasteiger partial charge < -0.3 is 15.6 Å². The van der Waals surface area contributed by atoms with E-state index in [-0.39, 0.29) is 0 Å². The maximum absolute atomic E-state index is 5.93. The summed E-state index contributed by atoms with van der Waals surface area (Å²) in [5, 5.41) is 10.8. The van der Waals surface area contributed by atoms with E-state index in [4.69, 9.17) is 10.3 Å². The number of nitrogen functional groups attached to an aromatic ring is 1. The van der Waals surface area contributed by atoms with Crippen LogP contribution in [0.4, 0.5) is 10.8 Å². The second-order valence-electron chi connectivity index (χ2n) is 4.15. The molecule has 0 saturated heterocycles. The standard InChI is InChI=1S/C11H12N6OS2/c1-5-4-19-11(14-5)8-9(12)17-20-10(8)13-3-7-15-6(2)18-16-7/h4,13H,3H2,1-2H3,(H2,12,17). The average molecular weight is 308 g/mol. The minimum Gasteiger partial charge on any atom is -0.382 e. The molecule has 7 nitrogen and oxygen atoms in total. The van der Waals surface area contributed by atoms with Crippen molar-refractivity contribution in [1.29, 1.82) is 0 Å². The maximum Gasteiger partial charge on any atom is 0.223 e. The summed E-state index contributed by atoms with van der Waals surface area (Å²) in [6.07, 6.45) is 0. The van der Waals surface area contributed by atoms with Crippen LogP contribution in [0.3, 0.4) is 0 Å². The lowest BCUT2D eigenvalue weighted by atomic mass is 10.3. The SMILES string of the molecule is Cc1csc(-c2c(N)nsc2NCc2noc(C)n2)n1. The van der Waals surface area contributed by atoms with Gasteiger partial charge in [0.15, 0.2) is 5.82 Å². The topological polar surface area (TPSA) is 103 Å². The van der Waals surface area contributed by atoms with Crippen LogP contribution in [0.15, 0.2) is 9.90 Å². The van der Waals surface area contributed by atoms with Crippen molar-refractivity contribution in [3.05, 3.63) is 22.8 Å². The molecule has 0 aliphatic carbocycles. The third kappa shape index (κ3) is 2.49. The first-order valence-corrected chi connectivity index (χ1v) is 7.49. The van der Waals surface area contributed by atoms with E-state index < -0.39 is 0 Å². The van der Waals surface area contributed by atoms with Crippen LogP contribution in [0.1, 0.15) is 17.4 Å². The van der Waals surface area contributed by atoms with Crippen molar-refractivity contribution in [1.82, 2.24) is 19.5 Å². The van der Waals surface area contributed by atoms with Crippen LogP contribution in [-0.4, -0.2) is 19.5 Å². The quantitative estimate of drug-likeness (QED) is 0.763. The summed E-state index contributed by atoms with van der Waals surface area (Å²) in [4.78, 5) is 8.59. The van der Waals surface area contributed by atoms with E-state index in [2.05, 4.69) is 24.8 Å². The lowest BCUT2D eigenvalue weighted by Gasteiger charge is -2.02. The molecule has 0 unspecified atom stereocenters. The van der Waals surface area contributed by atoms with Gasteiger partial charge in [0.25, 0.3) is 0 Å². The van der Waals surface area contributed by atoms with Crippen molar-refractivity contribution >= 4 is 33.7 Å². The number of nitrogens with two attached hydrogens (primary N) is 1. The molecule has 0 radical (unpaired) electrons. The van der Waals surface area contributed by atoms with Crippen LogP contribution in [0, 0.1) is 13.8 Å². The molecular weight excluding hydrogens is 296 g/mol. The number of nitrogens with one attached hydrogen (secondary N) is 1. The van der Waals surface area contributed by atoms with E-state index in [1.54, 1.807) is 18.3 Å². The Kier molecular flexibility index (Phi) is 3.36. The Morgan fingerprint density at radius 2 is 2.20 bits per heavy atom. The summed E-state index contributed by atoms with van der Waals surface area (Å²) < 4.78 is 9.11. The lowest BCUT2D eigenvalue weighted by Crippen LogP contribution is -2.01. The fourth-order valence-electron chi connectivity index (χ4n) is 1.67. The highest BCUT2D eigenvalue weighted by Gasteiger charge is 2.17. The Morgan fingerprint density at radius 1 is 1.35 bits per heavy atom. The molecule has 104 valence electrons. The highest BCUT2D eigenvalue weighted by atomic mass is 32.1. The van der Waals surface area contributed by atoms with Gasteiger partial charge in [0, 0.05) is 18.0 Å². The number of aryl methyl sites for hydroxylation is 2. The average Bonchev–Trinajstić information content (AvgIpc) is 3.09. The zero-order valence-corrected chi connectivity index (χ0v) is 12.5. The fourth-order valence-corrected chi connectivity index (χ4v) is 3.30. The molecule has 3 rings (SSSR count). The van der Waals surface area contributed by atoms with Crippen molar-refractivity contribution < 1.29 is 4.52 Å². The van der Waals surface area contributed by atoms with Crippen LogP contribution >= 0.6 is 22.9 Å². The number of aromatic nitrogens is 4. The van der Waals surface area contributed by atoms with Gasteiger partial charge in [0.2, 0.25) is 5.89 Å². The third-order valence-corrected chi connectivity index (χ3v) is 4.32. The molecule has 0 fully saturated rings. The van der Waals surface area contributed by atoms with Gasteiger partial charge in [-0.1, -0.05) is 5.16 Å². The smallest absolute Gasteiger partial charge is 0.223 e. The number of anilines is 2. The molecule has 3 N–H and O–H groups in total. The van der Waals surface area contributed by atoms with Crippen molar-refractivity contribution in [3.8, 4) is 10.6 Å². The van der Waals surface area contributed by atoms with Gasteiger partial charge in [0.1, 0.15) is 15.8 Å². The van der Waals surface area contributed by atoms with Gasteiger partial charge in [-0.15, -0.1) is 11.3 Å². The minimum atomic E-state index is 0.455. The zero-order valence-electron chi connectivity index (χ0n) is 10.9. The van der Waals surface area contributed by atoms with Crippen LogP contribution < -0.4 is 11.1 Å². The van der Waals surface area contributed by atoms with Crippen molar-refractivity contribution in [2.24, 2.45) is 0 Å². The zero-order chi connectivity index (χ0) is 14.1. The third-order valence-electron chi connectivity index (χ3n) is 2.53. The molecule has 0 aliphatic heterocycles. The number of rotatable bonds is 4. The molecule has 0 aromatic carbocycles. The number of hydrogen-bond donors (Lipinski definition) is 2. The Balaban J connectivity index is 1.83. The first kappa shape index (κ1) is 13.0. The first-order chi connectivity index (χ1) is 9.63. The van der Waals surface area contributed by atoms with Crippen LogP contribution in [0.25, 0.3) is 10.6 Å². The molecule has 0 amide bonds. The van der Waals surface area contributed by atoms with Gasteiger partial charge in [-0.05, 0) is 18.5 Å². The van der Waals surface area contributed by atoms with Crippen molar-refractivity contribution in [2.45, 2.75) is 20.4 Å². The molecule has 3 aromatic heterocycles. The molecule has 9 heteroatoms. The molecule has 0 atom stereocenters. The highest BCUT2D eigenvalue weighted by Crippen LogP contribution is 2.38. The van der Waals surface area contributed by atoms with E-state index in [0.29, 0.717) is 24.1 Å². The van der Waals surface area contributed by atoms with Gasteiger partial charge in [0.05, 0.1) is 12.1 Å².